The van der Waals surface area contributed by atoms with Gasteiger partial charge in [0.1, 0.15) is 0 Å². The second-order valence-corrected chi connectivity index (χ2v) is 3.37. The maximum absolute atomic E-state index is 12.3. The van der Waals surface area contributed by atoms with Crippen LogP contribution < -0.4 is 0 Å². The molecule has 0 N–H and O–H groups in total. The molecule has 0 aliphatic heterocycles. The van der Waals surface area contributed by atoms with Crippen molar-refractivity contribution < 1.29 is 13.2 Å². The quantitative estimate of drug-likeness (QED) is 0.665. The molecular formula is C12H8F3N. The number of rotatable bonds is 1. The second kappa shape index (κ2) is 3.99. The molecule has 1 aliphatic carbocycles. The molecule has 0 spiro atoms. The molecule has 16 heavy (non-hydrogen) atoms. The molecule has 0 amide bonds. The summed E-state index contributed by atoms with van der Waals surface area (Å²) < 4.78 is 37.0. The van der Waals surface area contributed by atoms with E-state index in [1.807, 2.05) is 0 Å². The highest BCUT2D eigenvalue weighted by molar-refractivity contribution is 5.72. The van der Waals surface area contributed by atoms with Crippen LogP contribution in [0.1, 0.15) is 5.69 Å². The minimum Gasteiger partial charge on any atom is -0.256 e. The summed E-state index contributed by atoms with van der Waals surface area (Å²) >= 11 is 0. The van der Waals surface area contributed by atoms with Crippen LogP contribution in [0.2, 0.25) is 0 Å². The van der Waals surface area contributed by atoms with Crippen LogP contribution in [-0.2, 0) is 0 Å². The first-order chi connectivity index (χ1) is 7.57. The maximum atomic E-state index is 12.3. The van der Waals surface area contributed by atoms with E-state index < -0.39 is 12.1 Å². The normalized spacial score (nSPS) is 19.7. The second-order valence-electron chi connectivity index (χ2n) is 3.37. The molecule has 1 nitrogen and oxygen atoms in total. The summed E-state index contributed by atoms with van der Waals surface area (Å²) in [6.07, 6.45) is 0.887. The Hall–Kier alpha value is -1.80. The van der Waals surface area contributed by atoms with E-state index in [9.17, 15) is 13.2 Å². The highest BCUT2D eigenvalue weighted by Gasteiger charge is 2.36. The van der Waals surface area contributed by atoms with Crippen LogP contribution in [0.4, 0.5) is 13.2 Å². The number of hydrogen-bond donors (Lipinski definition) is 0. The van der Waals surface area contributed by atoms with Crippen molar-refractivity contribution in [2.24, 2.45) is 5.92 Å². The van der Waals surface area contributed by atoms with E-state index in [0.29, 0.717) is 11.3 Å². The molecule has 1 atom stereocenters. The largest absolute Gasteiger partial charge is 0.399 e. The van der Waals surface area contributed by atoms with Crippen LogP contribution in [0.25, 0.3) is 5.57 Å². The molecular weight excluding hydrogens is 215 g/mol. The van der Waals surface area contributed by atoms with Gasteiger partial charge in [-0.2, -0.15) is 13.2 Å². The Balaban J connectivity index is 2.30. The third-order valence-electron chi connectivity index (χ3n) is 2.21. The van der Waals surface area contributed by atoms with Gasteiger partial charge in [0.2, 0.25) is 0 Å². The summed E-state index contributed by atoms with van der Waals surface area (Å²) in [6.45, 7) is 0. The molecule has 0 saturated carbocycles. The van der Waals surface area contributed by atoms with Gasteiger partial charge in [-0.1, -0.05) is 12.1 Å². The number of allylic oxidation sites excluding steroid dienone is 3. The number of alkyl halides is 3. The van der Waals surface area contributed by atoms with E-state index in [1.54, 1.807) is 24.4 Å². The maximum Gasteiger partial charge on any atom is 0.399 e. The van der Waals surface area contributed by atoms with Crippen LogP contribution in [0.3, 0.4) is 0 Å². The Kier molecular flexibility index (Phi) is 2.67. The molecule has 0 radical (unpaired) electrons. The fourth-order valence-electron chi connectivity index (χ4n) is 1.37. The Morgan fingerprint density at radius 2 is 2.06 bits per heavy atom. The Bertz CT molecular complexity index is 465. The van der Waals surface area contributed by atoms with E-state index in [4.69, 9.17) is 0 Å². The smallest absolute Gasteiger partial charge is 0.256 e. The zero-order valence-corrected chi connectivity index (χ0v) is 8.20. The van der Waals surface area contributed by atoms with Crippen LogP contribution in [0.5, 0.6) is 0 Å². The fourth-order valence-corrected chi connectivity index (χ4v) is 1.37. The number of pyridine rings is 1. The summed E-state index contributed by atoms with van der Waals surface area (Å²) in [4.78, 5) is 4.04. The molecule has 4 heteroatoms. The van der Waals surface area contributed by atoms with Crippen molar-refractivity contribution in [3.63, 3.8) is 0 Å². The first-order valence-electron chi connectivity index (χ1n) is 4.70. The predicted octanol–water partition coefficient (Wildman–Crippen LogP) is 3.37. The van der Waals surface area contributed by atoms with Crippen LogP contribution in [0.15, 0.2) is 48.4 Å². The SMILES string of the molecule is FC(F)(F)C1C=C=C(c2ccccn2)C=C1. The Morgan fingerprint density at radius 1 is 1.25 bits per heavy atom. The Morgan fingerprint density at radius 3 is 2.56 bits per heavy atom. The van der Waals surface area contributed by atoms with Crippen LogP contribution in [0, 0.1) is 5.92 Å². The topological polar surface area (TPSA) is 12.9 Å². The number of halogens is 3. The van der Waals surface area contributed by atoms with E-state index in [2.05, 4.69) is 10.7 Å². The monoisotopic (exact) mass is 223 g/mol. The molecule has 82 valence electrons. The molecule has 0 aromatic carbocycles. The van der Waals surface area contributed by atoms with Gasteiger partial charge in [-0.25, -0.2) is 0 Å². The van der Waals surface area contributed by atoms with E-state index in [0.717, 1.165) is 12.2 Å². The number of nitrogens with zero attached hydrogens (tertiary/aromatic N) is 1. The lowest BCUT2D eigenvalue weighted by molar-refractivity contribution is -0.148. The molecule has 1 unspecified atom stereocenters. The van der Waals surface area contributed by atoms with Crippen molar-refractivity contribution in [2.45, 2.75) is 6.18 Å². The molecule has 0 saturated heterocycles. The average Bonchev–Trinajstić information content (AvgIpc) is 2.29. The van der Waals surface area contributed by atoms with Crippen molar-refractivity contribution in [3.05, 3.63) is 54.0 Å². The molecule has 0 bridgehead atoms. The number of hydrogen-bond acceptors (Lipinski definition) is 1. The van der Waals surface area contributed by atoms with Crippen molar-refractivity contribution in [3.8, 4) is 0 Å². The van der Waals surface area contributed by atoms with Gasteiger partial charge in [-0.05, 0) is 24.3 Å². The van der Waals surface area contributed by atoms with Gasteiger partial charge in [0.05, 0.1) is 11.6 Å². The molecule has 2 rings (SSSR count). The summed E-state index contributed by atoms with van der Waals surface area (Å²) in [5.41, 5.74) is 3.81. The van der Waals surface area contributed by atoms with E-state index in [-0.39, 0.29) is 0 Å². The van der Waals surface area contributed by atoms with Gasteiger partial charge in [0, 0.05) is 11.8 Å². The molecule has 1 aromatic heterocycles. The van der Waals surface area contributed by atoms with E-state index in [1.165, 1.54) is 6.08 Å². The lowest BCUT2D eigenvalue weighted by atomic mass is 10.0. The van der Waals surface area contributed by atoms with Crippen LogP contribution in [-0.4, -0.2) is 11.2 Å². The standard InChI is InChI=1S/C12H8F3N/c13-12(14,15)10-6-4-9(5-7-10)11-3-1-2-8-16-11/h1-4,6-8,10H. The molecule has 1 aromatic rings. The fraction of sp³-hybridized carbons (Fsp3) is 0.167. The summed E-state index contributed by atoms with van der Waals surface area (Å²) in [7, 11) is 0. The van der Waals surface area contributed by atoms with Crippen molar-refractivity contribution in [1.82, 2.24) is 4.98 Å². The molecule has 0 fully saturated rings. The number of aromatic nitrogens is 1. The lowest BCUT2D eigenvalue weighted by Crippen LogP contribution is -2.19. The lowest BCUT2D eigenvalue weighted by Gasteiger charge is -2.14. The Labute approximate surface area is 90.6 Å². The highest BCUT2D eigenvalue weighted by Crippen LogP contribution is 2.31. The van der Waals surface area contributed by atoms with Crippen molar-refractivity contribution >= 4 is 5.57 Å². The molecule has 1 aliphatic rings. The average molecular weight is 223 g/mol. The van der Waals surface area contributed by atoms with Crippen molar-refractivity contribution in [1.29, 1.82) is 0 Å². The zero-order chi connectivity index (χ0) is 11.6. The van der Waals surface area contributed by atoms with Gasteiger partial charge < -0.3 is 0 Å². The van der Waals surface area contributed by atoms with Gasteiger partial charge in [0.25, 0.3) is 0 Å². The van der Waals surface area contributed by atoms with Crippen molar-refractivity contribution in [2.75, 3.05) is 0 Å². The van der Waals surface area contributed by atoms with Gasteiger partial charge in [-0.3, -0.25) is 4.98 Å². The molecule has 1 heterocycles. The van der Waals surface area contributed by atoms with Crippen LogP contribution >= 0.6 is 0 Å². The minimum atomic E-state index is -4.24. The summed E-state index contributed by atoms with van der Waals surface area (Å²) in [5, 5.41) is 0. The van der Waals surface area contributed by atoms with E-state index >= 15 is 0 Å². The first kappa shape index (κ1) is 10.7. The summed E-state index contributed by atoms with van der Waals surface area (Å²) in [6, 6.07) is 5.26. The third-order valence-corrected chi connectivity index (χ3v) is 2.21. The van der Waals surface area contributed by atoms with Gasteiger partial charge in [0.15, 0.2) is 0 Å². The summed E-state index contributed by atoms with van der Waals surface area (Å²) in [5.74, 6) is -1.54. The zero-order valence-electron chi connectivity index (χ0n) is 8.20. The predicted molar refractivity (Wildman–Crippen MR) is 54.4 cm³/mol. The first-order valence-corrected chi connectivity index (χ1v) is 4.70. The van der Waals surface area contributed by atoms with Gasteiger partial charge in [-0.15, -0.1) is 5.73 Å². The minimum absolute atomic E-state index is 0.570. The third kappa shape index (κ3) is 2.23. The highest BCUT2D eigenvalue weighted by atomic mass is 19.4. The van der Waals surface area contributed by atoms with Gasteiger partial charge >= 0.3 is 6.18 Å².